The van der Waals surface area contributed by atoms with E-state index in [1.54, 1.807) is 6.07 Å². The first-order chi connectivity index (χ1) is 9.56. The van der Waals surface area contributed by atoms with Gasteiger partial charge in [-0.3, -0.25) is 0 Å². The topological polar surface area (TPSA) is 25.2 Å². The van der Waals surface area contributed by atoms with Crippen molar-refractivity contribution in [2.75, 3.05) is 13.1 Å². The minimum absolute atomic E-state index is 0.232. The van der Waals surface area contributed by atoms with Crippen LogP contribution in [0, 0.1) is 11.7 Å². The molecular formula is C17H22FNO. The standard InChI is InChI=1S/C17H22FNO/c1-12(2)11-19-8-4-5-13(3)17-10-14-9-15(18)6-7-16(14)20-17/h5-7,9-10,12,19H,4,8,11H2,1-3H3/b13-5-. The first-order valence-electron chi connectivity index (χ1n) is 7.13. The van der Waals surface area contributed by atoms with Gasteiger partial charge in [0.2, 0.25) is 0 Å². The lowest BCUT2D eigenvalue weighted by molar-refractivity contribution is 0.556. The monoisotopic (exact) mass is 275 g/mol. The SMILES string of the molecule is C/C(=C/CCNCC(C)C)c1cc2cc(F)ccc2o1. The molecule has 0 radical (unpaired) electrons. The zero-order valence-corrected chi connectivity index (χ0v) is 12.4. The molecule has 2 aromatic rings. The highest BCUT2D eigenvalue weighted by Crippen LogP contribution is 2.25. The van der Waals surface area contributed by atoms with Crippen LogP contribution >= 0.6 is 0 Å². The first-order valence-corrected chi connectivity index (χ1v) is 7.13. The van der Waals surface area contributed by atoms with Crippen LogP contribution in [0.25, 0.3) is 16.5 Å². The van der Waals surface area contributed by atoms with E-state index >= 15 is 0 Å². The molecule has 0 spiro atoms. The van der Waals surface area contributed by atoms with Gasteiger partial charge in [-0.2, -0.15) is 0 Å². The van der Waals surface area contributed by atoms with Crippen molar-refractivity contribution in [2.24, 2.45) is 5.92 Å². The summed E-state index contributed by atoms with van der Waals surface area (Å²) in [4.78, 5) is 0. The molecular weight excluding hydrogens is 253 g/mol. The molecule has 1 heterocycles. The van der Waals surface area contributed by atoms with E-state index in [4.69, 9.17) is 4.42 Å². The van der Waals surface area contributed by atoms with Crippen LogP contribution in [-0.2, 0) is 0 Å². The quantitative estimate of drug-likeness (QED) is 0.779. The van der Waals surface area contributed by atoms with E-state index < -0.39 is 0 Å². The van der Waals surface area contributed by atoms with Gasteiger partial charge in [-0.05, 0) is 62.2 Å². The second-order valence-electron chi connectivity index (χ2n) is 5.57. The number of allylic oxidation sites excluding steroid dienone is 1. The van der Waals surface area contributed by atoms with E-state index in [9.17, 15) is 4.39 Å². The number of furan rings is 1. The van der Waals surface area contributed by atoms with Crippen molar-refractivity contribution >= 4 is 16.5 Å². The number of benzene rings is 1. The van der Waals surface area contributed by atoms with Gasteiger partial charge in [0.15, 0.2) is 0 Å². The van der Waals surface area contributed by atoms with Gasteiger partial charge in [0.1, 0.15) is 17.2 Å². The summed E-state index contributed by atoms with van der Waals surface area (Å²) in [6.07, 6.45) is 3.12. The maximum Gasteiger partial charge on any atom is 0.135 e. The molecule has 0 aliphatic heterocycles. The fraction of sp³-hybridized carbons (Fsp3) is 0.412. The highest BCUT2D eigenvalue weighted by Gasteiger charge is 2.06. The molecule has 108 valence electrons. The summed E-state index contributed by atoms with van der Waals surface area (Å²) in [5.74, 6) is 1.25. The van der Waals surface area contributed by atoms with Gasteiger partial charge >= 0.3 is 0 Å². The molecule has 0 aliphatic rings. The van der Waals surface area contributed by atoms with Crippen LogP contribution in [0.5, 0.6) is 0 Å². The summed E-state index contributed by atoms with van der Waals surface area (Å²) >= 11 is 0. The second kappa shape index (κ2) is 6.71. The predicted octanol–water partition coefficient (Wildman–Crippen LogP) is 4.61. The highest BCUT2D eigenvalue weighted by molar-refractivity contribution is 5.81. The summed E-state index contributed by atoms with van der Waals surface area (Å²) in [5.41, 5.74) is 1.82. The van der Waals surface area contributed by atoms with E-state index in [-0.39, 0.29) is 5.82 Å². The van der Waals surface area contributed by atoms with E-state index in [1.807, 2.05) is 13.0 Å². The van der Waals surface area contributed by atoms with Gasteiger partial charge in [-0.15, -0.1) is 0 Å². The molecule has 0 atom stereocenters. The van der Waals surface area contributed by atoms with Gasteiger partial charge < -0.3 is 9.73 Å². The van der Waals surface area contributed by atoms with Crippen molar-refractivity contribution in [2.45, 2.75) is 27.2 Å². The molecule has 1 aromatic carbocycles. The van der Waals surface area contributed by atoms with Crippen molar-refractivity contribution in [1.29, 1.82) is 0 Å². The molecule has 0 unspecified atom stereocenters. The predicted molar refractivity (Wildman–Crippen MR) is 82.1 cm³/mol. The third-order valence-electron chi connectivity index (χ3n) is 3.19. The smallest absolute Gasteiger partial charge is 0.135 e. The Morgan fingerprint density at radius 2 is 2.15 bits per heavy atom. The van der Waals surface area contributed by atoms with Crippen molar-refractivity contribution in [1.82, 2.24) is 5.32 Å². The zero-order chi connectivity index (χ0) is 14.5. The molecule has 1 aromatic heterocycles. The van der Waals surface area contributed by atoms with Crippen LogP contribution in [0.15, 0.2) is 34.8 Å². The van der Waals surface area contributed by atoms with Crippen molar-refractivity contribution in [3.05, 3.63) is 41.9 Å². The van der Waals surface area contributed by atoms with Gasteiger partial charge in [0.05, 0.1) is 0 Å². The Balaban J connectivity index is 1.98. The molecule has 1 N–H and O–H groups in total. The van der Waals surface area contributed by atoms with Crippen LogP contribution < -0.4 is 5.32 Å². The van der Waals surface area contributed by atoms with Gasteiger partial charge in [0.25, 0.3) is 0 Å². The average molecular weight is 275 g/mol. The van der Waals surface area contributed by atoms with Gasteiger partial charge in [0, 0.05) is 5.39 Å². The summed E-state index contributed by atoms with van der Waals surface area (Å²) in [6.45, 7) is 8.42. The summed E-state index contributed by atoms with van der Waals surface area (Å²) in [6, 6.07) is 6.49. The van der Waals surface area contributed by atoms with Gasteiger partial charge in [-0.1, -0.05) is 19.9 Å². The van der Waals surface area contributed by atoms with Crippen molar-refractivity contribution < 1.29 is 8.81 Å². The van der Waals surface area contributed by atoms with Crippen LogP contribution in [0.2, 0.25) is 0 Å². The number of hydrogen-bond donors (Lipinski definition) is 1. The third kappa shape index (κ3) is 3.94. The number of nitrogens with one attached hydrogen (secondary N) is 1. The fourth-order valence-corrected chi connectivity index (χ4v) is 2.09. The Kier molecular flexibility index (Phi) is 4.96. The second-order valence-corrected chi connectivity index (χ2v) is 5.57. The summed E-state index contributed by atoms with van der Waals surface area (Å²) in [5, 5.41) is 4.21. The molecule has 0 bridgehead atoms. The Labute approximate surface area is 119 Å². The summed E-state index contributed by atoms with van der Waals surface area (Å²) in [7, 11) is 0. The average Bonchev–Trinajstić information content (AvgIpc) is 2.80. The molecule has 3 heteroatoms. The number of halogens is 1. The molecule has 0 saturated carbocycles. The largest absolute Gasteiger partial charge is 0.456 e. The molecule has 0 fully saturated rings. The lowest BCUT2D eigenvalue weighted by Crippen LogP contribution is -2.20. The first kappa shape index (κ1) is 14.8. The minimum atomic E-state index is -0.232. The Morgan fingerprint density at radius 1 is 1.35 bits per heavy atom. The number of fused-ring (bicyclic) bond motifs is 1. The molecule has 2 rings (SSSR count). The molecule has 0 aliphatic carbocycles. The van der Waals surface area contributed by atoms with Crippen LogP contribution in [0.4, 0.5) is 4.39 Å². The fourth-order valence-electron chi connectivity index (χ4n) is 2.09. The maximum absolute atomic E-state index is 13.1. The lowest BCUT2D eigenvalue weighted by atomic mass is 10.1. The summed E-state index contributed by atoms with van der Waals surface area (Å²) < 4.78 is 18.9. The third-order valence-corrected chi connectivity index (χ3v) is 3.19. The molecule has 2 nitrogen and oxygen atoms in total. The van der Waals surface area contributed by atoms with Crippen LogP contribution in [0.3, 0.4) is 0 Å². The maximum atomic E-state index is 13.1. The van der Waals surface area contributed by atoms with Crippen molar-refractivity contribution in [3.63, 3.8) is 0 Å². The lowest BCUT2D eigenvalue weighted by Gasteiger charge is -2.05. The number of rotatable bonds is 6. The van der Waals surface area contributed by atoms with Crippen LogP contribution in [0.1, 0.15) is 33.0 Å². The van der Waals surface area contributed by atoms with Crippen molar-refractivity contribution in [3.8, 4) is 0 Å². The van der Waals surface area contributed by atoms with E-state index in [1.165, 1.54) is 12.1 Å². The Bertz CT molecular complexity index is 598. The normalized spacial score (nSPS) is 12.6. The highest BCUT2D eigenvalue weighted by atomic mass is 19.1. The zero-order valence-electron chi connectivity index (χ0n) is 12.4. The number of hydrogen-bond acceptors (Lipinski definition) is 2. The molecule has 20 heavy (non-hydrogen) atoms. The molecule has 0 amide bonds. The van der Waals surface area contributed by atoms with Gasteiger partial charge in [-0.25, -0.2) is 4.39 Å². The Morgan fingerprint density at radius 3 is 2.90 bits per heavy atom. The minimum Gasteiger partial charge on any atom is -0.456 e. The van der Waals surface area contributed by atoms with Crippen LogP contribution in [-0.4, -0.2) is 13.1 Å². The molecule has 0 saturated heterocycles. The van der Waals surface area contributed by atoms with E-state index in [2.05, 4.69) is 25.2 Å². The van der Waals surface area contributed by atoms with E-state index in [0.717, 1.165) is 41.8 Å². The Hall–Kier alpha value is -1.61. The van der Waals surface area contributed by atoms with E-state index in [0.29, 0.717) is 5.92 Å².